The highest BCUT2D eigenvalue weighted by Crippen LogP contribution is 2.33. The van der Waals surface area contributed by atoms with Crippen molar-refractivity contribution >= 4 is 17.6 Å². The van der Waals surface area contributed by atoms with E-state index in [1.54, 1.807) is 11.9 Å². The van der Waals surface area contributed by atoms with Gasteiger partial charge in [0.25, 0.3) is 0 Å². The molecule has 1 aromatic rings. The lowest BCUT2D eigenvalue weighted by Crippen LogP contribution is -2.41. The Morgan fingerprint density at radius 1 is 1.32 bits per heavy atom. The number of hydrogen-bond acceptors (Lipinski definition) is 5. The van der Waals surface area contributed by atoms with Crippen molar-refractivity contribution in [2.24, 2.45) is 0 Å². The fraction of sp³-hybridized carbons (Fsp3) is 0.667. The second kappa shape index (κ2) is 7.07. The van der Waals surface area contributed by atoms with Gasteiger partial charge in [-0.3, -0.25) is 14.5 Å². The first-order valence-electron chi connectivity index (χ1n) is 8.93. The Hall–Kier alpha value is -2.02. The van der Waals surface area contributed by atoms with Gasteiger partial charge in [0.05, 0.1) is 18.6 Å². The number of likely N-dealkylation sites (tertiary alicyclic amines) is 1. The topological polar surface area (TPSA) is 75.6 Å². The highest BCUT2D eigenvalue weighted by molar-refractivity contribution is 6.00. The van der Waals surface area contributed by atoms with Crippen LogP contribution in [0.25, 0.3) is 0 Å². The third-order valence-electron chi connectivity index (χ3n) is 4.89. The summed E-state index contributed by atoms with van der Waals surface area (Å²) in [4.78, 5) is 37.3. The van der Waals surface area contributed by atoms with E-state index in [2.05, 4.69) is 9.97 Å². The summed E-state index contributed by atoms with van der Waals surface area (Å²) in [5.41, 5.74) is 1.72. The molecule has 25 heavy (non-hydrogen) atoms. The number of aryl methyl sites for hydroxylation is 1. The molecule has 0 bridgehead atoms. The van der Waals surface area contributed by atoms with Crippen LogP contribution in [0.15, 0.2) is 0 Å². The molecule has 0 N–H and O–H groups in total. The van der Waals surface area contributed by atoms with Crippen molar-refractivity contribution in [3.05, 3.63) is 17.1 Å². The maximum absolute atomic E-state index is 12.6. The third-order valence-corrected chi connectivity index (χ3v) is 4.89. The highest BCUT2D eigenvalue weighted by Gasteiger charge is 2.34. The molecule has 7 heteroatoms. The number of likely N-dealkylation sites (N-methyl/N-ethyl adjacent to an activating group) is 1. The smallest absolute Gasteiger partial charge is 0.249 e. The predicted molar refractivity (Wildman–Crippen MR) is 93.3 cm³/mol. The summed E-state index contributed by atoms with van der Waals surface area (Å²) < 4.78 is 5.49. The van der Waals surface area contributed by atoms with E-state index < -0.39 is 0 Å². The van der Waals surface area contributed by atoms with Crippen molar-refractivity contribution in [3.8, 4) is 0 Å². The summed E-state index contributed by atoms with van der Waals surface area (Å²) in [6, 6.07) is -0.148. The first-order valence-corrected chi connectivity index (χ1v) is 8.93. The molecule has 0 aliphatic carbocycles. The molecular weight excluding hydrogens is 320 g/mol. The number of hydrogen-bond donors (Lipinski definition) is 0. The van der Waals surface area contributed by atoms with Crippen molar-refractivity contribution in [2.75, 3.05) is 25.1 Å². The lowest BCUT2D eigenvalue weighted by Gasteiger charge is -2.35. The molecule has 136 valence electrons. The molecular formula is C18H26N4O3. The number of aromatic nitrogens is 2. The summed E-state index contributed by atoms with van der Waals surface area (Å²) >= 11 is 0. The minimum atomic E-state index is -0.148. The number of ether oxygens (including phenoxy) is 1. The molecule has 1 atom stereocenters. The lowest BCUT2D eigenvalue weighted by molar-refractivity contribution is -0.141. The van der Waals surface area contributed by atoms with E-state index in [0.29, 0.717) is 24.6 Å². The molecule has 7 nitrogen and oxygen atoms in total. The lowest BCUT2D eigenvalue weighted by atomic mass is 10.0. The molecule has 0 unspecified atom stereocenters. The molecule has 3 heterocycles. The van der Waals surface area contributed by atoms with Crippen LogP contribution in [0.4, 0.5) is 5.82 Å². The number of amides is 2. The molecule has 0 aromatic carbocycles. The first kappa shape index (κ1) is 17.8. The van der Waals surface area contributed by atoms with E-state index in [4.69, 9.17) is 4.74 Å². The number of carbonyl (C=O) groups excluding carboxylic acids is 2. The second-order valence-electron chi connectivity index (χ2n) is 7.06. The number of rotatable bonds is 4. The molecule has 1 fully saturated rings. The quantitative estimate of drug-likeness (QED) is 0.831. The van der Waals surface area contributed by atoms with E-state index in [1.165, 1.54) is 0 Å². The maximum Gasteiger partial charge on any atom is 0.249 e. The van der Waals surface area contributed by atoms with Crippen LogP contribution in [0.1, 0.15) is 56.2 Å². The van der Waals surface area contributed by atoms with Crippen LogP contribution in [0.3, 0.4) is 0 Å². The van der Waals surface area contributed by atoms with Crippen LogP contribution in [0.2, 0.25) is 0 Å². The van der Waals surface area contributed by atoms with Crippen molar-refractivity contribution in [2.45, 2.75) is 58.6 Å². The number of carbonyl (C=O) groups is 2. The van der Waals surface area contributed by atoms with Gasteiger partial charge in [-0.2, -0.15) is 0 Å². The molecule has 2 aliphatic heterocycles. The Kier molecular flexibility index (Phi) is 5.03. The Labute approximate surface area is 148 Å². The van der Waals surface area contributed by atoms with Gasteiger partial charge in [-0.25, -0.2) is 9.97 Å². The van der Waals surface area contributed by atoms with Gasteiger partial charge >= 0.3 is 0 Å². The number of anilines is 1. The van der Waals surface area contributed by atoms with E-state index in [0.717, 1.165) is 30.5 Å². The van der Waals surface area contributed by atoms with Crippen LogP contribution >= 0.6 is 0 Å². The van der Waals surface area contributed by atoms with Gasteiger partial charge in [-0.1, -0.05) is 0 Å². The first-order chi connectivity index (χ1) is 11.9. The monoisotopic (exact) mass is 346 g/mol. The largest absolute Gasteiger partial charge is 0.369 e. The summed E-state index contributed by atoms with van der Waals surface area (Å²) in [5, 5.41) is 0. The normalized spacial score (nSPS) is 20.4. The molecule has 2 amide bonds. The van der Waals surface area contributed by atoms with Gasteiger partial charge in [0, 0.05) is 24.8 Å². The van der Waals surface area contributed by atoms with Gasteiger partial charge in [0.15, 0.2) is 5.82 Å². The van der Waals surface area contributed by atoms with Gasteiger partial charge in [-0.15, -0.1) is 0 Å². The average Bonchev–Trinajstić information content (AvgIpc) is 2.88. The van der Waals surface area contributed by atoms with E-state index in [1.807, 2.05) is 25.7 Å². The Balaban J connectivity index is 1.87. The molecule has 1 aromatic heterocycles. The fourth-order valence-electron chi connectivity index (χ4n) is 3.44. The predicted octanol–water partition coefficient (Wildman–Crippen LogP) is 1.78. The van der Waals surface area contributed by atoms with Gasteiger partial charge in [-0.05, 0) is 40.0 Å². The zero-order valence-corrected chi connectivity index (χ0v) is 15.4. The van der Waals surface area contributed by atoms with E-state index in [9.17, 15) is 9.59 Å². The zero-order valence-electron chi connectivity index (χ0n) is 15.4. The Morgan fingerprint density at radius 3 is 2.80 bits per heavy atom. The molecule has 2 aliphatic rings. The molecule has 0 radical (unpaired) electrons. The molecule has 0 spiro atoms. The van der Waals surface area contributed by atoms with Gasteiger partial charge in [0.1, 0.15) is 12.4 Å². The van der Waals surface area contributed by atoms with Crippen molar-refractivity contribution in [1.29, 1.82) is 0 Å². The van der Waals surface area contributed by atoms with Crippen molar-refractivity contribution in [1.82, 2.24) is 14.9 Å². The highest BCUT2D eigenvalue weighted by atomic mass is 16.5. The summed E-state index contributed by atoms with van der Waals surface area (Å²) in [6.45, 7) is 6.52. The summed E-state index contributed by atoms with van der Waals surface area (Å²) in [5.74, 6) is 1.33. The van der Waals surface area contributed by atoms with Gasteiger partial charge < -0.3 is 9.64 Å². The van der Waals surface area contributed by atoms with Crippen LogP contribution in [-0.4, -0.2) is 53.0 Å². The standard InChI is InChI=1S/C18H26N4O3/c1-11(2)25-10-16(24)22-8-6-5-7-14(22)17-19-12(3)13-9-15(23)21(4)18(13)20-17/h11,14H,5-10H2,1-4H3/t14-/m0/s1. The molecule has 0 saturated carbocycles. The van der Waals surface area contributed by atoms with Crippen molar-refractivity contribution < 1.29 is 14.3 Å². The molecule has 1 saturated heterocycles. The number of nitrogens with zero attached hydrogens (tertiary/aromatic N) is 4. The van der Waals surface area contributed by atoms with Crippen LogP contribution in [-0.2, 0) is 20.7 Å². The summed E-state index contributed by atoms with van der Waals surface area (Å²) in [7, 11) is 1.74. The van der Waals surface area contributed by atoms with E-state index >= 15 is 0 Å². The number of fused-ring (bicyclic) bond motifs is 1. The minimum Gasteiger partial charge on any atom is -0.369 e. The molecule has 3 rings (SSSR count). The van der Waals surface area contributed by atoms with Crippen LogP contribution < -0.4 is 4.90 Å². The zero-order chi connectivity index (χ0) is 18.1. The Bertz CT molecular complexity index is 689. The van der Waals surface area contributed by atoms with Crippen LogP contribution in [0.5, 0.6) is 0 Å². The number of piperidine rings is 1. The second-order valence-corrected chi connectivity index (χ2v) is 7.06. The SMILES string of the molecule is Cc1nc([C@@H]2CCCCN2C(=O)COC(C)C)nc2c1CC(=O)N2C. The van der Waals surface area contributed by atoms with E-state index in [-0.39, 0.29) is 30.6 Å². The Morgan fingerprint density at radius 2 is 2.08 bits per heavy atom. The fourth-order valence-corrected chi connectivity index (χ4v) is 3.44. The van der Waals surface area contributed by atoms with Crippen molar-refractivity contribution in [3.63, 3.8) is 0 Å². The van der Waals surface area contributed by atoms with Crippen LogP contribution in [0, 0.1) is 6.92 Å². The average molecular weight is 346 g/mol. The van der Waals surface area contributed by atoms with Gasteiger partial charge in [0.2, 0.25) is 11.8 Å². The minimum absolute atomic E-state index is 0.0188. The summed E-state index contributed by atoms with van der Waals surface area (Å²) in [6.07, 6.45) is 3.22. The maximum atomic E-state index is 12.6. The third kappa shape index (κ3) is 3.51.